The SMILES string of the molecule is CCOC(=O)CSC1CCC(=O)C1. The standard InChI is InChI=1S/C9H14O3S/c1-2-12-9(11)6-13-8-4-3-7(10)5-8/h8H,2-6H2,1H3. The van der Waals surface area contributed by atoms with E-state index in [1.165, 1.54) is 0 Å². The maximum Gasteiger partial charge on any atom is 0.315 e. The Hall–Kier alpha value is -0.510. The van der Waals surface area contributed by atoms with E-state index in [1.54, 1.807) is 18.7 Å². The first-order chi connectivity index (χ1) is 6.22. The van der Waals surface area contributed by atoms with Gasteiger partial charge in [-0.05, 0) is 13.3 Å². The lowest BCUT2D eigenvalue weighted by molar-refractivity contribution is -0.139. The number of hydrogen-bond donors (Lipinski definition) is 0. The quantitative estimate of drug-likeness (QED) is 0.646. The molecule has 13 heavy (non-hydrogen) atoms. The second kappa shape index (κ2) is 5.27. The first-order valence-corrected chi connectivity index (χ1v) is 5.56. The van der Waals surface area contributed by atoms with Crippen LogP contribution in [0.25, 0.3) is 0 Å². The summed E-state index contributed by atoms with van der Waals surface area (Å²) in [5.74, 6) is 0.527. The summed E-state index contributed by atoms with van der Waals surface area (Å²) in [4.78, 5) is 21.8. The second-order valence-electron chi connectivity index (χ2n) is 3.02. The fourth-order valence-electron chi connectivity index (χ4n) is 1.31. The van der Waals surface area contributed by atoms with E-state index in [9.17, 15) is 9.59 Å². The van der Waals surface area contributed by atoms with Crippen LogP contribution in [0.3, 0.4) is 0 Å². The van der Waals surface area contributed by atoms with Crippen LogP contribution in [-0.4, -0.2) is 29.4 Å². The van der Waals surface area contributed by atoms with E-state index < -0.39 is 0 Å². The largest absolute Gasteiger partial charge is 0.465 e. The third-order valence-corrected chi connectivity index (χ3v) is 3.22. The van der Waals surface area contributed by atoms with Crippen molar-refractivity contribution in [3.63, 3.8) is 0 Å². The van der Waals surface area contributed by atoms with Crippen molar-refractivity contribution >= 4 is 23.5 Å². The number of ether oxygens (including phenoxy) is 1. The van der Waals surface area contributed by atoms with E-state index in [0.717, 1.165) is 6.42 Å². The van der Waals surface area contributed by atoms with Gasteiger partial charge >= 0.3 is 5.97 Å². The fraction of sp³-hybridized carbons (Fsp3) is 0.778. The number of carbonyl (C=O) groups excluding carboxylic acids is 2. The molecule has 0 aliphatic heterocycles. The van der Waals surface area contributed by atoms with Gasteiger partial charge in [0.15, 0.2) is 0 Å². The summed E-state index contributed by atoms with van der Waals surface area (Å²) < 4.78 is 4.78. The van der Waals surface area contributed by atoms with Crippen LogP contribution in [0.15, 0.2) is 0 Å². The molecule has 0 amide bonds. The fourth-order valence-corrected chi connectivity index (χ4v) is 2.35. The Balaban J connectivity index is 2.12. The molecule has 0 radical (unpaired) electrons. The van der Waals surface area contributed by atoms with Crippen molar-refractivity contribution in [1.82, 2.24) is 0 Å². The average Bonchev–Trinajstić information content (AvgIpc) is 2.49. The van der Waals surface area contributed by atoms with Crippen LogP contribution in [0.5, 0.6) is 0 Å². The smallest absolute Gasteiger partial charge is 0.315 e. The molecule has 4 heteroatoms. The van der Waals surface area contributed by atoms with Crippen LogP contribution in [0, 0.1) is 0 Å². The maximum absolute atomic E-state index is 11.0. The van der Waals surface area contributed by atoms with Gasteiger partial charge in [0.1, 0.15) is 5.78 Å². The van der Waals surface area contributed by atoms with Crippen molar-refractivity contribution in [1.29, 1.82) is 0 Å². The number of carbonyl (C=O) groups is 2. The molecule has 1 rings (SSSR count). The third kappa shape index (κ3) is 3.81. The summed E-state index contributed by atoms with van der Waals surface area (Å²) >= 11 is 1.54. The number of thioether (sulfide) groups is 1. The molecular formula is C9H14O3S. The maximum atomic E-state index is 11.0. The Morgan fingerprint density at radius 1 is 1.69 bits per heavy atom. The lowest BCUT2D eigenvalue weighted by Gasteiger charge is -2.06. The molecule has 1 aliphatic carbocycles. The van der Waals surface area contributed by atoms with Crippen LogP contribution < -0.4 is 0 Å². The Morgan fingerprint density at radius 3 is 3.00 bits per heavy atom. The molecule has 1 aliphatic rings. The molecule has 0 aromatic heterocycles. The summed E-state index contributed by atoms with van der Waals surface area (Å²) in [6.45, 7) is 2.23. The predicted molar refractivity (Wildman–Crippen MR) is 51.7 cm³/mol. The van der Waals surface area contributed by atoms with E-state index in [2.05, 4.69) is 0 Å². The lowest BCUT2D eigenvalue weighted by Crippen LogP contribution is -2.09. The van der Waals surface area contributed by atoms with E-state index in [-0.39, 0.29) is 5.97 Å². The van der Waals surface area contributed by atoms with E-state index >= 15 is 0 Å². The topological polar surface area (TPSA) is 43.4 Å². The van der Waals surface area contributed by atoms with Gasteiger partial charge in [0.05, 0.1) is 12.4 Å². The van der Waals surface area contributed by atoms with Gasteiger partial charge in [-0.15, -0.1) is 11.8 Å². The van der Waals surface area contributed by atoms with Crippen molar-refractivity contribution in [2.75, 3.05) is 12.4 Å². The highest BCUT2D eigenvalue weighted by atomic mass is 32.2. The van der Waals surface area contributed by atoms with Gasteiger partial charge in [-0.2, -0.15) is 0 Å². The van der Waals surface area contributed by atoms with Crippen molar-refractivity contribution < 1.29 is 14.3 Å². The van der Waals surface area contributed by atoms with Crippen LogP contribution in [0.2, 0.25) is 0 Å². The predicted octanol–water partition coefficient (Wildman–Crippen LogP) is 1.40. The normalized spacial score (nSPS) is 21.9. The zero-order chi connectivity index (χ0) is 9.68. The zero-order valence-corrected chi connectivity index (χ0v) is 8.56. The van der Waals surface area contributed by atoms with Gasteiger partial charge in [-0.25, -0.2) is 0 Å². The van der Waals surface area contributed by atoms with E-state index in [1.807, 2.05) is 0 Å². The molecule has 0 bridgehead atoms. The van der Waals surface area contributed by atoms with Crippen LogP contribution >= 0.6 is 11.8 Å². The molecule has 3 nitrogen and oxygen atoms in total. The molecule has 1 unspecified atom stereocenters. The van der Waals surface area contributed by atoms with Crippen molar-refractivity contribution in [3.8, 4) is 0 Å². The molecule has 0 aromatic carbocycles. The number of hydrogen-bond acceptors (Lipinski definition) is 4. The van der Waals surface area contributed by atoms with Gasteiger partial charge in [-0.1, -0.05) is 0 Å². The molecule has 0 heterocycles. The summed E-state index contributed by atoms with van der Waals surface area (Å²) in [5, 5.41) is 0.344. The Kier molecular flexibility index (Phi) is 4.28. The Labute approximate surface area is 82.2 Å². The van der Waals surface area contributed by atoms with Crippen LogP contribution in [0.1, 0.15) is 26.2 Å². The van der Waals surface area contributed by atoms with Gasteiger partial charge < -0.3 is 4.74 Å². The number of ketones is 1. The van der Waals surface area contributed by atoms with Crippen molar-refractivity contribution in [3.05, 3.63) is 0 Å². The minimum atomic E-state index is -0.174. The average molecular weight is 202 g/mol. The highest BCUT2D eigenvalue weighted by Crippen LogP contribution is 2.27. The zero-order valence-electron chi connectivity index (χ0n) is 7.75. The van der Waals surface area contributed by atoms with Gasteiger partial charge in [-0.3, -0.25) is 9.59 Å². The third-order valence-electron chi connectivity index (χ3n) is 1.94. The molecule has 1 atom stereocenters. The second-order valence-corrected chi connectivity index (χ2v) is 4.31. The summed E-state index contributed by atoms with van der Waals surface area (Å²) in [6.07, 6.45) is 2.23. The number of esters is 1. The summed E-state index contributed by atoms with van der Waals surface area (Å²) in [6, 6.07) is 0. The molecule has 74 valence electrons. The highest BCUT2D eigenvalue weighted by molar-refractivity contribution is 8.00. The van der Waals surface area contributed by atoms with Gasteiger partial charge in [0, 0.05) is 18.1 Å². The van der Waals surface area contributed by atoms with Crippen molar-refractivity contribution in [2.24, 2.45) is 0 Å². The molecule has 0 spiro atoms. The van der Waals surface area contributed by atoms with Gasteiger partial charge in [0.2, 0.25) is 0 Å². The van der Waals surface area contributed by atoms with Gasteiger partial charge in [0.25, 0.3) is 0 Å². The van der Waals surface area contributed by atoms with Crippen LogP contribution in [0.4, 0.5) is 0 Å². The molecular weight excluding hydrogens is 188 g/mol. The Bertz CT molecular complexity index is 203. The van der Waals surface area contributed by atoms with E-state index in [4.69, 9.17) is 4.74 Å². The first-order valence-electron chi connectivity index (χ1n) is 4.51. The lowest BCUT2D eigenvalue weighted by atomic mass is 10.4. The number of Topliss-reactive ketones (excluding diaryl/α,β-unsaturated/α-hetero) is 1. The molecule has 1 saturated carbocycles. The van der Waals surface area contributed by atoms with Crippen LogP contribution in [-0.2, 0) is 14.3 Å². The Morgan fingerprint density at radius 2 is 2.46 bits per heavy atom. The highest BCUT2D eigenvalue weighted by Gasteiger charge is 2.23. The summed E-state index contributed by atoms with van der Waals surface area (Å²) in [7, 11) is 0. The minimum Gasteiger partial charge on any atom is -0.465 e. The summed E-state index contributed by atoms with van der Waals surface area (Å²) in [5.41, 5.74) is 0. The number of rotatable bonds is 4. The molecule has 0 aromatic rings. The monoisotopic (exact) mass is 202 g/mol. The van der Waals surface area contributed by atoms with E-state index in [0.29, 0.717) is 36.2 Å². The molecule has 0 saturated heterocycles. The molecule has 1 fully saturated rings. The first kappa shape index (κ1) is 10.6. The molecule has 0 N–H and O–H groups in total. The van der Waals surface area contributed by atoms with Crippen molar-refractivity contribution in [2.45, 2.75) is 31.4 Å². The minimum absolute atomic E-state index is 0.174.